The summed E-state index contributed by atoms with van der Waals surface area (Å²) in [5, 5.41) is 38.3. The number of oxime groups is 1. The van der Waals surface area contributed by atoms with Gasteiger partial charge < -0.3 is 34.5 Å². The van der Waals surface area contributed by atoms with E-state index in [1.54, 1.807) is 12.1 Å². The lowest BCUT2D eigenvalue weighted by molar-refractivity contribution is -0.258. The minimum Gasteiger partial charge on any atom is -0.508 e. The topological polar surface area (TPSA) is 121 Å². The van der Waals surface area contributed by atoms with Gasteiger partial charge in [0.25, 0.3) is 0 Å². The number of fused-ring (bicyclic) bond motifs is 3. The molecule has 0 unspecified atom stereocenters. The number of nitrogens with zero attached hydrogens (tertiary/aromatic N) is 2. The molecule has 7 rings (SSSR count). The summed E-state index contributed by atoms with van der Waals surface area (Å²) >= 11 is 0. The molecular formula is C57H74N2O7. The van der Waals surface area contributed by atoms with Crippen LogP contribution in [0.1, 0.15) is 139 Å². The molecule has 9 nitrogen and oxygen atoms in total. The molecule has 9 heteroatoms. The van der Waals surface area contributed by atoms with Gasteiger partial charge in [-0.15, -0.1) is 6.58 Å². The van der Waals surface area contributed by atoms with Crippen LogP contribution in [0.25, 0.3) is 10.8 Å². The molecule has 4 aromatic rings. The van der Waals surface area contributed by atoms with Crippen LogP contribution in [0.15, 0.2) is 120 Å². The molecule has 3 N–H and O–H groups in total. The van der Waals surface area contributed by atoms with E-state index in [1.165, 1.54) is 38.5 Å². The number of phenolic OH excluding ortho intramolecular Hbond substituents is 1. The van der Waals surface area contributed by atoms with Crippen molar-refractivity contribution in [3.63, 3.8) is 0 Å². The Labute approximate surface area is 393 Å². The van der Waals surface area contributed by atoms with Gasteiger partial charge in [0.2, 0.25) is 11.7 Å². The van der Waals surface area contributed by atoms with Crippen LogP contribution >= 0.6 is 0 Å². The maximum atomic E-state index is 15.4. The molecule has 6 atom stereocenters. The van der Waals surface area contributed by atoms with E-state index in [2.05, 4.69) is 56.0 Å². The lowest BCUT2D eigenvalue weighted by Crippen LogP contribution is -2.70. The number of aliphatic hydroxyl groups is 2. The number of hydrogen-bond donors (Lipinski definition) is 3. The fraction of sp³-hybridized carbons (Fsp3) is 0.509. The first-order valence-corrected chi connectivity index (χ1v) is 25.1. The van der Waals surface area contributed by atoms with Crippen molar-refractivity contribution in [3.8, 4) is 11.5 Å². The molecule has 354 valence electrons. The summed E-state index contributed by atoms with van der Waals surface area (Å²) in [5.74, 6) is -1.06. The van der Waals surface area contributed by atoms with Crippen LogP contribution in [0, 0.1) is 17.8 Å². The van der Waals surface area contributed by atoms with E-state index < -0.39 is 17.7 Å². The summed E-state index contributed by atoms with van der Waals surface area (Å²) < 4.78 is 14.7. The van der Waals surface area contributed by atoms with Crippen LogP contribution < -0.4 is 4.74 Å². The number of aliphatic hydroxyl groups excluding tert-OH is 2. The third-order valence-electron chi connectivity index (χ3n) is 14.3. The largest absolute Gasteiger partial charge is 0.508 e. The van der Waals surface area contributed by atoms with Gasteiger partial charge in [-0.1, -0.05) is 161 Å². The van der Waals surface area contributed by atoms with Gasteiger partial charge in [-0.25, -0.2) is 0 Å². The van der Waals surface area contributed by atoms with Gasteiger partial charge >= 0.3 is 0 Å². The van der Waals surface area contributed by atoms with E-state index in [4.69, 9.17) is 19.5 Å². The van der Waals surface area contributed by atoms with Gasteiger partial charge in [-0.05, 0) is 89.6 Å². The Kier molecular flexibility index (Phi) is 18.3. The van der Waals surface area contributed by atoms with Gasteiger partial charge in [0.05, 0.1) is 18.2 Å². The van der Waals surface area contributed by atoms with Gasteiger partial charge in [0.15, 0.2) is 0 Å². The molecule has 0 saturated heterocycles. The van der Waals surface area contributed by atoms with Crippen molar-refractivity contribution in [1.29, 1.82) is 0 Å². The van der Waals surface area contributed by atoms with E-state index in [0.29, 0.717) is 38.0 Å². The smallest absolute Gasteiger partial charge is 0.239 e. The molecule has 3 aliphatic rings. The highest BCUT2D eigenvalue weighted by Crippen LogP contribution is 2.62. The molecule has 0 spiro atoms. The molecular weight excluding hydrogens is 825 g/mol. The van der Waals surface area contributed by atoms with Crippen molar-refractivity contribution in [3.05, 3.63) is 132 Å². The maximum Gasteiger partial charge on any atom is 0.239 e. The number of benzene rings is 4. The quantitative estimate of drug-likeness (QED) is 0.0310. The first kappa shape index (κ1) is 49.0. The first-order chi connectivity index (χ1) is 32.4. The lowest BCUT2D eigenvalue weighted by atomic mass is 9.55. The molecule has 4 aromatic carbocycles. The number of hydrogen-bond acceptors (Lipinski definition) is 8. The standard InChI is InChI=1S/C57H74N2O7/c1-3-5-6-7-8-9-10-11-15-31-54(63)59(40-45-28-22-27-43-25-16-17-29-47(43)45)53-39-51(58-65-41-42-23-13-12-14-24-42)49-37-44(26-18-20-34-60)48(30-19-21-35-61)55-50-38-46(62)32-33-52(50)66-57(53,56(49)55)64-36-4-2/h4,12-14,16-17,22-25,27-29,32-33,37-38,44,48,53,55-56,60-62H,2-3,5-11,15,18-21,26,30-31,34-36,39-41H2,1H3/t44-,48+,53-,55+,56+,57+/m0/s1. The van der Waals surface area contributed by atoms with Crippen LogP contribution in [0.3, 0.4) is 0 Å². The molecule has 0 radical (unpaired) electrons. The zero-order chi connectivity index (χ0) is 46.1. The van der Waals surface area contributed by atoms with Crippen molar-refractivity contribution in [2.24, 2.45) is 22.9 Å². The van der Waals surface area contributed by atoms with E-state index >= 15 is 4.79 Å². The van der Waals surface area contributed by atoms with Gasteiger partial charge in [-0.3, -0.25) is 4.79 Å². The van der Waals surface area contributed by atoms with E-state index in [-0.39, 0.29) is 55.8 Å². The average molecular weight is 899 g/mol. The van der Waals surface area contributed by atoms with E-state index in [0.717, 1.165) is 83.7 Å². The van der Waals surface area contributed by atoms with Crippen molar-refractivity contribution < 1.29 is 34.4 Å². The monoisotopic (exact) mass is 899 g/mol. The number of rotatable bonds is 27. The number of carbonyl (C=O) groups excluding carboxylic acids is 1. The van der Waals surface area contributed by atoms with E-state index in [9.17, 15) is 15.3 Å². The van der Waals surface area contributed by atoms with Crippen LogP contribution in [0.4, 0.5) is 0 Å². The summed E-state index contributed by atoms with van der Waals surface area (Å²) in [6.07, 6.45) is 19.9. The Morgan fingerprint density at radius 1 is 0.848 bits per heavy atom. The minimum absolute atomic E-state index is 0.0447. The van der Waals surface area contributed by atoms with Crippen molar-refractivity contribution in [1.82, 2.24) is 4.90 Å². The molecule has 66 heavy (non-hydrogen) atoms. The van der Waals surface area contributed by atoms with Crippen molar-refractivity contribution in [2.45, 2.75) is 147 Å². The number of amides is 1. The Hall–Kier alpha value is -4.96. The van der Waals surface area contributed by atoms with Gasteiger partial charge in [0.1, 0.15) is 24.1 Å². The zero-order valence-corrected chi connectivity index (χ0v) is 39.3. The van der Waals surface area contributed by atoms with E-state index in [1.807, 2.05) is 53.4 Å². The number of unbranched alkanes of at least 4 members (excludes halogenated alkanes) is 10. The number of allylic oxidation sites excluding steroid dienone is 1. The minimum atomic E-state index is -1.38. The molecule has 0 bridgehead atoms. The van der Waals surface area contributed by atoms with Crippen molar-refractivity contribution in [2.75, 3.05) is 19.8 Å². The predicted octanol–water partition coefficient (Wildman–Crippen LogP) is 12.3. The Balaban J connectivity index is 1.37. The number of phenols is 1. The number of ether oxygens (including phenoxy) is 2. The van der Waals surface area contributed by atoms with Crippen molar-refractivity contribution >= 4 is 22.4 Å². The average Bonchev–Trinajstić information content (AvgIpc) is 3.34. The molecule has 2 aliphatic carbocycles. The highest BCUT2D eigenvalue weighted by molar-refractivity contribution is 6.03. The molecule has 1 amide bonds. The second kappa shape index (κ2) is 24.7. The van der Waals surface area contributed by atoms with Crippen LogP contribution in [0.5, 0.6) is 11.5 Å². The number of aromatic hydroxyl groups is 1. The Bertz CT molecular complexity index is 2220. The fourth-order valence-corrected chi connectivity index (χ4v) is 11.1. The maximum absolute atomic E-state index is 15.4. The SMILES string of the molecule is C=CCO[C@@]12Oc3ccc(O)cc3[C@H]3[C@H](CCCCO)[C@@H](CCCCO)C=C(C(=NOCc4ccccc4)C[C@@H]1N(Cc1cccc4ccccc14)C(=O)CCCCCCCCCCC)[C@H]32. The molecule has 1 saturated carbocycles. The number of carbonyl (C=O) groups is 1. The van der Waals surface area contributed by atoms with Gasteiger partial charge in [0, 0.05) is 44.1 Å². The Morgan fingerprint density at radius 3 is 2.32 bits per heavy atom. The third kappa shape index (κ3) is 11.8. The van der Waals surface area contributed by atoms with Gasteiger partial charge in [-0.2, -0.15) is 0 Å². The zero-order valence-electron chi connectivity index (χ0n) is 39.3. The normalized spacial score (nSPS) is 22.6. The Morgan fingerprint density at radius 2 is 1.56 bits per heavy atom. The molecule has 1 heterocycles. The highest BCUT2D eigenvalue weighted by atomic mass is 16.7. The van der Waals surface area contributed by atoms with Crippen LogP contribution in [0.2, 0.25) is 0 Å². The predicted molar refractivity (Wildman–Crippen MR) is 264 cm³/mol. The summed E-state index contributed by atoms with van der Waals surface area (Å²) in [6.45, 7) is 7.38. The second-order valence-corrected chi connectivity index (χ2v) is 18.8. The molecule has 1 fully saturated rings. The summed E-state index contributed by atoms with van der Waals surface area (Å²) in [5.41, 5.74) is 4.68. The summed E-state index contributed by atoms with van der Waals surface area (Å²) in [4.78, 5) is 23.7. The fourth-order valence-electron chi connectivity index (χ4n) is 11.1. The van der Waals surface area contributed by atoms with Crippen LogP contribution in [-0.4, -0.2) is 63.5 Å². The second-order valence-electron chi connectivity index (χ2n) is 18.8. The summed E-state index contributed by atoms with van der Waals surface area (Å²) in [6, 6.07) is 29.4. The highest BCUT2D eigenvalue weighted by Gasteiger charge is 2.65. The molecule has 1 aliphatic heterocycles. The first-order valence-electron chi connectivity index (χ1n) is 25.1. The summed E-state index contributed by atoms with van der Waals surface area (Å²) in [7, 11) is 0. The van der Waals surface area contributed by atoms with Crippen LogP contribution in [-0.2, 0) is 27.5 Å². The lowest BCUT2D eigenvalue weighted by Gasteiger charge is -2.60. The molecule has 0 aromatic heterocycles. The third-order valence-corrected chi connectivity index (χ3v) is 14.3.